The lowest BCUT2D eigenvalue weighted by atomic mass is 10.0. The Labute approximate surface area is 125 Å². The van der Waals surface area contributed by atoms with Gasteiger partial charge in [-0.2, -0.15) is 0 Å². The van der Waals surface area contributed by atoms with Crippen molar-refractivity contribution >= 4 is 5.96 Å². The van der Waals surface area contributed by atoms with E-state index in [0.29, 0.717) is 12.0 Å². The lowest BCUT2D eigenvalue weighted by Gasteiger charge is -2.29. The smallest absolute Gasteiger partial charge is 0.191 e. The van der Waals surface area contributed by atoms with E-state index >= 15 is 0 Å². The van der Waals surface area contributed by atoms with Crippen molar-refractivity contribution in [1.29, 1.82) is 0 Å². The Balaban J connectivity index is 2.52. The van der Waals surface area contributed by atoms with Gasteiger partial charge < -0.3 is 10.6 Å². The van der Waals surface area contributed by atoms with Gasteiger partial charge in [-0.25, -0.2) is 0 Å². The van der Waals surface area contributed by atoms with Crippen LogP contribution in [0.15, 0.2) is 4.99 Å². The molecule has 1 atom stereocenters. The molecule has 1 aliphatic heterocycles. The highest BCUT2D eigenvalue weighted by Crippen LogP contribution is 2.17. The molecule has 2 N–H and O–H groups in total. The monoisotopic (exact) mass is 282 g/mol. The van der Waals surface area contributed by atoms with Crippen LogP contribution in [0.1, 0.15) is 53.4 Å². The summed E-state index contributed by atoms with van der Waals surface area (Å²) in [4.78, 5) is 7.42. The first kappa shape index (κ1) is 17.3. The van der Waals surface area contributed by atoms with Crippen LogP contribution in [0.4, 0.5) is 0 Å². The molecule has 0 amide bonds. The molecule has 0 aromatic carbocycles. The van der Waals surface area contributed by atoms with Crippen molar-refractivity contribution in [1.82, 2.24) is 15.5 Å². The number of nitrogens with zero attached hydrogens (tertiary/aromatic N) is 2. The number of likely N-dealkylation sites (tertiary alicyclic amines) is 1. The van der Waals surface area contributed by atoms with Gasteiger partial charge in [-0.3, -0.25) is 9.89 Å². The summed E-state index contributed by atoms with van der Waals surface area (Å²) >= 11 is 0. The van der Waals surface area contributed by atoms with Crippen molar-refractivity contribution in [3.8, 4) is 0 Å². The maximum Gasteiger partial charge on any atom is 0.191 e. The number of guanidine groups is 1. The van der Waals surface area contributed by atoms with Crippen LogP contribution in [0.5, 0.6) is 0 Å². The third-order valence-electron chi connectivity index (χ3n) is 3.98. The van der Waals surface area contributed by atoms with E-state index in [1.165, 1.54) is 38.8 Å². The molecule has 1 saturated heterocycles. The Kier molecular flexibility index (Phi) is 8.67. The number of hydrogen-bond acceptors (Lipinski definition) is 2. The minimum absolute atomic E-state index is 0.583. The molecule has 20 heavy (non-hydrogen) atoms. The van der Waals surface area contributed by atoms with Gasteiger partial charge in [0.2, 0.25) is 0 Å². The molecule has 118 valence electrons. The number of hydrogen-bond donors (Lipinski definition) is 2. The zero-order valence-corrected chi connectivity index (χ0v) is 13.9. The van der Waals surface area contributed by atoms with E-state index in [1.807, 2.05) is 0 Å². The molecule has 1 rings (SSSR count). The van der Waals surface area contributed by atoms with Gasteiger partial charge in [0.05, 0.1) is 6.54 Å². The van der Waals surface area contributed by atoms with E-state index in [2.05, 4.69) is 43.2 Å². The van der Waals surface area contributed by atoms with E-state index in [0.717, 1.165) is 25.6 Å². The topological polar surface area (TPSA) is 39.7 Å². The van der Waals surface area contributed by atoms with Crippen LogP contribution in [0.2, 0.25) is 0 Å². The quantitative estimate of drug-likeness (QED) is 0.408. The summed E-state index contributed by atoms with van der Waals surface area (Å²) in [5.74, 6) is 1.64. The van der Waals surface area contributed by atoms with Crippen LogP contribution < -0.4 is 10.6 Å². The van der Waals surface area contributed by atoms with Crippen molar-refractivity contribution in [2.24, 2.45) is 10.9 Å². The van der Waals surface area contributed by atoms with Gasteiger partial charge in [0, 0.05) is 19.1 Å². The summed E-state index contributed by atoms with van der Waals surface area (Å²) in [5, 5.41) is 6.77. The highest BCUT2D eigenvalue weighted by Gasteiger charge is 2.24. The average molecular weight is 282 g/mol. The third-order valence-corrected chi connectivity index (χ3v) is 3.98. The Morgan fingerprint density at radius 3 is 2.40 bits per heavy atom. The zero-order valence-electron chi connectivity index (χ0n) is 13.9. The maximum atomic E-state index is 4.80. The molecule has 4 heteroatoms. The van der Waals surface area contributed by atoms with Crippen molar-refractivity contribution in [3.63, 3.8) is 0 Å². The molecule has 0 radical (unpaired) electrons. The Hall–Kier alpha value is -0.770. The van der Waals surface area contributed by atoms with Gasteiger partial charge in [-0.05, 0) is 45.2 Å². The second kappa shape index (κ2) is 10.0. The van der Waals surface area contributed by atoms with E-state index in [4.69, 9.17) is 4.99 Å². The average Bonchev–Trinajstić information content (AvgIpc) is 2.92. The van der Waals surface area contributed by atoms with E-state index in [1.54, 1.807) is 0 Å². The predicted octanol–water partition coefficient (Wildman–Crippen LogP) is 2.46. The number of rotatable bonds is 8. The number of nitrogens with one attached hydrogen (secondary N) is 2. The fourth-order valence-electron chi connectivity index (χ4n) is 2.73. The highest BCUT2D eigenvalue weighted by atomic mass is 15.2. The summed E-state index contributed by atoms with van der Waals surface area (Å²) < 4.78 is 0. The molecule has 0 aromatic rings. The van der Waals surface area contributed by atoms with Gasteiger partial charge in [0.1, 0.15) is 0 Å². The summed E-state index contributed by atoms with van der Waals surface area (Å²) in [6, 6.07) is 0.583. The molecule has 1 heterocycles. The largest absolute Gasteiger partial charge is 0.357 e. The minimum Gasteiger partial charge on any atom is -0.357 e. The fourth-order valence-corrected chi connectivity index (χ4v) is 2.73. The Bertz CT molecular complexity index is 270. The summed E-state index contributed by atoms with van der Waals surface area (Å²) in [6.07, 6.45) is 5.11. The van der Waals surface area contributed by atoms with Crippen molar-refractivity contribution in [2.75, 3.05) is 32.7 Å². The summed E-state index contributed by atoms with van der Waals surface area (Å²) in [7, 11) is 0. The molecule has 0 aromatic heterocycles. The third kappa shape index (κ3) is 6.12. The van der Waals surface area contributed by atoms with Crippen LogP contribution in [-0.2, 0) is 0 Å². The lowest BCUT2D eigenvalue weighted by Crippen LogP contribution is -2.42. The van der Waals surface area contributed by atoms with Gasteiger partial charge in [0.25, 0.3) is 0 Å². The van der Waals surface area contributed by atoms with Crippen LogP contribution in [0.25, 0.3) is 0 Å². The second-order valence-corrected chi connectivity index (χ2v) is 6.05. The van der Waals surface area contributed by atoms with E-state index in [9.17, 15) is 0 Å². The first-order valence-electron chi connectivity index (χ1n) is 8.45. The normalized spacial score (nSPS) is 18.6. The summed E-state index contributed by atoms with van der Waals surface area (Å²) in [5.41, 5.74) is 0. The predicted molar refractivity (Wildman–Crippen MR) is 88.3 cm³/mol. The van der Waals surface area contributed by atoms with Gasteiger partial charge in [0.15, 0.2) is 5.96 Å². The number of aliphatic imine (C=N–C) groups is 1. The molecule has 1 aliphatic rings. The van der Waals surface area contributed by atoms with Crippen LogP contribution in [0.3, 0.4) is 0 Å². The van der Waals surface area contributed by atoms with Crippen molar-refractivity contribution < 1.29 is 0 Å². The van der Waals surface area contributed by atoms with Crippen molar-refractivity contribution in [3.05, 3.63) is 0 Å². The molecule has 0 bridgehead atoms. The standard InChI is InChI=1S/C16H34N4/c1-5-7-10-18-16(17-6-2)19-13-15(14(3)4)20-11-8-9-12-20/h14-15H,5-13H2,1-4H3,(H2,17,18,19). The highest BCUT2D eigenvalue weighted by molar-refractivity contribution is 5.79. The van der Waals surface area contributed by atoms with Gasteiger partial charge in [-0.1, -0.05) is 27.2 Å². The summed E-state index contributed by atoms with van der Waals surface area (Å²) in [6.45, 7) is 14.3. The molecular formula is C16H34N4. The van der Waals surface area contributed by atoms with Crippen LogP contribution in [-0.4, -0.2) is 49.6 Å². The second-order valence-electron chi connectivity index (χ2n) is 6.05. The molecule has 4 nitrogen and oxygen atoms in total. The van der Waals surface area contributed by atoms with Crippen molar-refractivity contribution in [2.45, 2.75) is 59.4 Å². The van der Waals surface area contributed by atoms with Gasteiger partial charge >= 0.3 is 0 Å². The molecule has 0 aliphatic carbocycles. The van der Waals surface area contributed by atoms with Crippen LogP contribution in [0, 0.1) is 5.92 Å². The molecule has 0 saturated carbocycles. The number of unbranched alkanes of at least 4 members (excludes halogenated alkanes) is 1. The molecule has 1 fully saturated rings. The molecule has 1 unspecified atom stereocenters. The van der Waals surface area contributed by atoms with E-state index in [-0.39, 0.29) is 0 Å². The first-order valence-corrected chi connectivity index (χ1v) is 8.45. The maximum absolute atomic E-state index is 4.80. The zero-order chi connectivity index (χ0) is 14.8. The van der Waals surface area contributed by atoms with E-state index < -0.39 is 0 Å². The Morgan fingerprint density at radius 2 is 1.85 bits per heavy atom. The minimum atomic E-state index is 0.583. The fraction of sp³-hybridized carbons (Fsp3) is 0.938. The Morgan fingerprint density at radius 1 is 1.15 bits per heavy atom. The SMILES string of the molecule is CCCCNC(=NCC(C(C)C)N1CCCC1)NCC. The van der Waals surface area contributed by atoms with Gasteiger partial charge in [-0.15, -0.1) is 0 Å². The lowest BCUT2D eigenvalue weighted by molar-refractivity contribution is 0.197. The van der Waals surface area contributed by atoms with Crippen LogP contribution >= 0.6 is 0 Å². The molecular weight excluding hydrogens is 248 g/mol. The molecule has 0 spiro atoms. The first-order chi connectivity index (χ1) is 9.69.